The number of nitrogens with zero attached hydrogens (tertiary/aromatic N) is 2. The summed E-state index contributed by atoms with van der Waals surface area (Å²) in [6.07, 6.45) is -1.29. The Balaban J connectivity index is 1.89. The maximum atomic E-state index is 11.9. The number of halogens is 1. The Morgan fingerprint density at radius 3 is 1.86 bits per heavy atom. The average Bonchev–Trinajstić information content (AvgIpc) is 2.91. The van der Waals surface area contributed by atoms with Gasteiger partial charge >= 0.3 is 0 Å². The molecule has 1 aliphatic rings. The highest BCUT2D eigenvalue weighted by Crippen LogP contribution is 2.44. The second kappa shape index (κ2) is 7.54. The van der Waals surface area contributed by atoms with Crippen molar-refractivity contribution in [2.24, 2.45) is 0 Å². The van der Waals surface area contributed by atoms with Crippen molar-refractivity contribution in [1.29, 1.82) is 0 Å². The molecule has 4 nitrogen and oxygen atoms in total. The van der Waals surface area contributed by atoms with Gasteiger partial charge in [-0.1, -0.05) is 63.5 Å². The summed E-state index contributed by atoms with van der Waals surface area (Å²) in [5.74, 6) is 0. The van der Waals surface area contributed by atoms with Gasteiger partial charge in [0.15, 0.2) is 11.3 Å². The highest BCUT2D eigenvalue weighted by atomic mass is 79.9. The molecule has 148 valence electrons. The van der Waals surface area contributed by atoms with Gasteiger partial charge in [-0.25, -0.2) is 0 Å². The first kappa shape index (κ1) is 20.0. The van der Waals surface area contributed by atoms with Gasteiger partial charge in [0, 0.05) is 21.4 Å². The lowest BCUT2D eigenvalue weighted by atomic mass is 9.98. The number of benzene rings is 3. The molecule has 1 aliphatic heterocycles. The number of hydrogen-bond acceptors (Lipinski definition) is 3. The third kappa shape index (κ3) is 3.36. The molecule has 2 N–H and O–H groups in total. The summed E-state index contributed by atoms with van der Waals surface area (Å²) in [5.41, 5.74) is 2.40. The lowest BCUT2D eigenvalue weighted by molar-refractivity contribution is -0.0546. The molecule has 1 fully saturated rings. The molecule has 6 heteroatoms. The zero-order valence-corrected chi connectivity index (χ0v) is 18.5. The summed E-state index contributed by atoms with van der Waals surface area (Å²) in [6.45, 7) is 3.98. The van der Waals surface area contributed by atoms with Gasteiger partial charge in [0.05, 0.1) is 0 Å². The van der Waals surface area contributed by atoms with Crippen LogP contribution in [0.1, 0.15) is 16.7 Å². The maximum Gasteiger partial charge on any atom is 0.217 e. The Bertz CT molecular complexity index is 1040. The van der Waals surface area contributed by atoms with E-state index in [9.17, 15) is 10.2 Å². The van der Waals surface area contributed by atoms with E-state index in [1.807, 2.05) is 86.6 Å². The zero-order valence-electron chi connectivity index (χ0n) is 16.1. The zero-order chi connectivity index (χ0) is 20.8. The van der Waals surface area contributed by atoms with Crippen LogP contribution in [0.2, 0.25) is 0 Å². The molecular weight excluding hydrogens is 448 g/mol. The van der Waals surface area contributed by atoms with Gasteiger partial charge in [-0.15, -0.1) is 0 Å². The number of thiocarbonyl (C=S) groups is 1. The van der Waals surface area contributed by atoms with E-state index in [-0.39, 0.29) is 0 Å². The first-order valence-electron chi connectivity index (χ1n) is 9.25. The largest absolute Gasteiger partial charge is 0.368 e. The lowest BCUT2D eigenvalue weighted by Gasteiger charge is -2.35. The van der Waals surface area contributed by atoms with Gasteiger partial charge in [-0.2, -0.15) is 0 Å². The molecule has 0 saturated carbocycles. The van der Waals surface area contributed by atoms with Crippen LogP contribution in [0.15, 0.2) is 77.3 Å². The Kier molecular flexibility index (Phi) is 5.21. The quantitative estimate of drug-likeness (QED) is 0.538. The van der Waals surface area contributed by atoms with Crippen molar-refractivity contribution in [3.63, 3.8) is 0 Å². The van der Waals surface area contributed by atoms with E-state index in [0.29, 0.717) is 16.4 Å². The molecule has 0 aromatic heterocycles. The second-order valence-corrected chi connectivity index (χ2v) is 8.55. The van der Waals surface area contributed by atoms with Crippen molar-refractivity contribution >= 4 is 44.6 Å². The summed E-state index contributed by atoms with van der Waals surface area (Å²) >= 11 is 9.21. The molecule has 3 aromatic rings. The van der Waals surface area contributed by atoms with Gasteiger partial charge in [0.2, 0.25) is 5.72 Å². The first-order chi connectivity index (χ1) is 13.8. The number of aliphatic hydroxyl groups is 2. The van der Waals surface area contributed by atoms with Crippen LogP contribution in [0.5, 0.6) is 0 Å². The molecular formula is C23H21BrN2O2S. The molecule has 3 aromatic carbocycles. The predicted molar refractivity (Wildman–Crippen MR) is 124 cm³/mol. The Labute approximate surface area is 184 Å². The summed E-state index contributed by atoms with van der Waals surface area (Å²) < 4.78 is 0.918. The first-order valence-corrected chi connectivity index (χ1v) is 10.5. The standard InChI is InChI=1S/C23H21BrN2O2S/c1-15-3-7-17(8-4-15)23(28)21(27)25(19-11-5-16(2)6-12-19)22(29)26(23)20-13-9-18(24)10-14-20/h3-14,21,27-28H,1-2H3/t21-,23+/m0/s1. The third-order valence-electron chi connectivity index (χ3n) is 5.22. The minimum atomic E-state index is -1.75. The Morgan fingerprint density at radius 1 is 0.828 bits per heavy atom. The van der Waals surface area contributed by atoms with Crippen LogP contribution in [0.4, 0.5) is 11.4 Å². The SMILES string of the molecule is Cc1ccc(N2C(=S)N(c3ccc(Br)cc3)[C@@](O)(c3ccc(C)cc3)[C@@H]2O)cc1. The fourth-order valence-electron chi connectivity index (χ4n) is 3.59. The van der Waals surface area contributed by atoms with Crippen molar-refractivity contribution < 1.29 is 10.2 Å². The minimum absolute atomic E-state index is 0.326. The molecule has 29 heavy (non-hydrogen) atoms. The van der Waals surface area contributed by atoms with Crippen molar-refractivity contribution in [2.75, 3.05) is 9.80 Å². The molecule has 0 bridgehead atoms. The molecule has 2 atom stereocenters. The number of hydrogen-bond donors (Lipinski definition) is 2. The summed E-state index contributed by atoms with van der Waals surface area (Å²) in [7, 11) is 0. The molecule has 0 aliphatic carbocycles. The maximum absolute atomic E-state index is 11.9. The van der Waals surface area contributed by atoms with Crippen LogP contribution in [0.25, 0.3) is 0 Å². The Hall–Kier alpha value is -2.25. The van der Waals surface area contributed by atoms with E-state index in [1.165, 1.54) is 0 Å². The number of anilines is 2. The smallest absolute Gasteiger partial charge is 0.217 e. The topological polar surface area (TPSA) is 46.9 Å². The van der Waals surface area contributed by atoms with Crippen LogP contribution in [-0.4, -0.2) is 21.6 Å². The monoisotopic (exact) mass is 468 g/mol. The van der Waals surface area contributed by atoms with Crippen molar-refractivity contribution in [3.8, 4) is 0 Å². The molecule has 1 heterocycles. The van der Waals surface area contributed by atoms with Crippen LogP contribution < -0.4 is 9.80 Å². The summed E-state index contributed by atoms with van der Waals surface area (Å²) in [4.78, 5) is 3.21. The number of aryl methyl sites for hydroxylation is 2. The van der Waals surface area contributed by atoms with Crippen LogP contribution >= 0.6 is 28.1 Å². The van der Waals surface area contributed by atoms with Crippen LogP contribution in [-0.2, 0) is 5.72 Å². The van der Waals surface area contributed by atoms with Gasteiger partial charge in [-0.05, 0) is 62.5 Å². The summed E-state index contributed by atoms with van der Waals surface area (Å²) in [5, 5.41) is 23.6. The second-order valence-electron chi connectivity index (χ2n) is 7.27. The van der Waals surface area contributed by atoms with Crippen molar-refractivity contribution in [2.45, 2.75) is 25.8 Å². The van der Waals surface area contributed by atoms with E-state index in [2.05, 4.69) is 15.9 Å². The van der Waals surface area contributed by atoms with E-state index in [0.717, 1.165) is 21.3 Å². The highest BCUT2D eigenvalue weighted by Gasteiger charge is 2.56. The van der Waals surface area contributed by atoms with E-state index < -0.39 is 12.0 Å². The predicted octanol–water partition coefficient (Wildman–Crippen LogP) is 4.84. The lowest BCUT2D eigenvalue weighted by Crippen LogP contribution is -2.49. The molecule has 0 radical (unpaired) electrons. The normalized spacial score (nSPS) is 21.7. The third-order valence-corrected chi connectivity index (χ3v) is 6.12. The van der Waals surface area contributed by atoms with E-state index >= 15 is 0 Å². The minimum Gasteiger partial charge on any atom is -0.368 e. The highest BCUT2D eigenvalue weighted by molar-refractivity contribution is 9.10. The van der Waals surface area contributed by atoms with Crippen LogP contribution in [0.3, 0.4) is 0 Å². The number of rotatable bonds is 3. The Morgan fingerprint density at radius 2 is 1.31 bits per heavy atom. The molecule has 1 saturated heterocycles. The van der Waals surface area contributed by atoms with E-state index in [4.69, 9.17) is 12.2 Å². The molecule has 4 rings (SSSR count). The summed E-state index contributed by atoms with van der Waals surface area (Å²) in [6, 6.07) is 22.7. The van der Waals surface area contributed by atoms with Crippen molar-refractivity contribution in [1.82, 2.24) is 0 Å². The van der Waals surface area contributed by atoms with E-state index in [1.54, 1.807) is 9.80 Å². The molecule has 0 unspecified atom stereocenters. The molecule has 0 spiro atoms. The van der Waals surface area contributed by atoms with Crippen molar-refractivity contribution in [3.05, 3.63) is 94.0 Å². The molecule has 0 amide bonds. The van der Waals surface area contributed by atoms with Gasteiger partial charge in [0.25, 0.3) is 0 Å². The fraction of sp³-hybridized carbons (Fsp3) is 0.174. The number of aliphatic hydroxyl groups excluding tert-OH is 1. The fourth-order valence-corrected chi connectivity index (χ4v) is 4.30. The average molecular weight is 469 g/mol. The van der Waals surface area contributed by atoms with Gasteiger partial charge in [0.1, 0.15) is 0 Å². The van der Waals surface area contributed by atoms with Crippen LogP contribution in [0, 0.1) is 13.8 Å². The van der Waals surface area contributed by atoms with Gasteiger partial charge < -0.3 is 10.2 Å². The van der Waals surface area contributed by atoms with Gasteiger partial charge in [-0.3, -0.25) is 9.80 Å².